The molecule has 0 bridgehead atoms. The summed E-state index contributed by atoms with van der Waals surface area (Å²) in [5.41, 5.74) is 0. The highest BCUT2D eigenvalue weighted by Crippen LogP contribution is 2.39. The smallest absolute Gasteiger partial charge is 0.361 e. The second-order valence-electron chi connectivity index (χ2n) is 3.21. The van der Waals surface area contributed by atoms with Crippen LogP contribution in [0.5, 0.6) is 0 Å². The molecule has 1 rings (SSSR count). The van der Waals surface area contributed by atoms with Gasteiger partial charge in [-0.15, -0.1) is 0 Å². The van der Waals surface area contributed by atoms with Crippen LogP contribution in [0.4, 0.5) is 8.78 Å². The highest BCUT2D eigenvalue weighted by atomic mass is 19.3. The van der Waals surface area contributed by atoms with E-state index in [1.807, 2.05) is 0 Å². The minimum absolute atomic E-state index is 0.254. The summed E-state index contributed by atoms with van der Waals surface area (Å²) in [4.78, 5) is 0. The van der Waals surface area contributed by atoms with Crippen molar-refractivity contribution in [1.82, 2.24) is 0 Å². The SMILES string of the molecule is CC(C)[C@H]1[C@@H](O)COC1(F)F. The Hall–Kier alpha value is -0.220. The third-order valence-corrected chi connectivity index (χ3v) is 1.97. The van der Waals surface area contributed by atoms with Crippen molar-refractivity contribution in [3.05, 3.63) is 0 Å². The van der Waals surface area contributed by atoms with Crippen LogP contribution in [0, 0.1) is 11.8 Å². The summed E-state index contributed by atoms with van der Waals surface area (Å²) in [6.07, 6.45) is -4.17. The Labute approximate surface area is 64.2 Å². The zero-order valence-electron chi connectivity index (χ0n) is 6.55. The van der Waals surface area contributed by atoms with Crippen LogP contribution in [0.1, 0.15) is 13.8 Å². The molecule has 0 unspecified atom stereocenters. The van der Waals surface area contributed by atoms with Crippen LogP contribution < -0.4 is 0 Å². The Bertz CT molecular complexity index is 147. The van der Waals surface area contributed by atoms with E-state index >= 15 is 0 Å². The van der Waals surface area contributed by atoms with Crippen molar-refractivity contribution in [1.29, 1.82) is 0 Å². The number of alkyl halides is 2. The molecule has 1 saturated heterocycles. The zero-order chi connectivity index (χ0) is 8.65. The lowest BCUT2D eigenvalue weighted by Crippen LogP contribution is -2.33. The first-order chi connectivity index (χ1) is 4.95. The number of aliphatic hydroxyl groups is 1. The monoisotopic (exact) mass is 166 g/mol. The van der Waals surface area contributed by atoms with Gasteiger partial charge in [0.2, 0.25) is 0 Å². The standard InChI is InChI=1S/C7H12F2O2/c1-4(2)6-5(10)3-11-7(6,8)9/h4-6,10H,3H2,1-2H3/t5-,6-/m0/s1. The van der Waals surface area contributed by atoms with Crippen LogP contribution in [0.2, 0.25) is 0 Å². The molecule has 11 heavy (non-hydrogen) atoms. The van der Waals surface area contributed by atoms with Gasteiger partial charge in [-0.3, -0.25) is 0 Å². The Kier molecular flexibility index (Phi) is 2.16. The van der Waals surface area contributed by atoms with Crippen LogP contribution in [0.25, 0.3) is 0 Å². The van der Waals surface area contributed by atoms with E-state index in [0.717, 1.165) is 0 Å². The number of rotatable bonds is 1. The maximum atomic E-state index is 12.7. The predicted molar refractivity (Wildman–Crippen MR) is 35.2 cm³/mol. The second-order valence-corrected chi connectivity index (χ2v) is 3.21. The maximum Gasteiger partial charge on any atom is 0.361 e. The van der Waals surface area contributed by atoms with Crippen LogP contribution in [0.3, 0.4) is 0 Å². The van der Waals surface area contributed by atoms with E-state index < -0.39 is 18.1 Å². The summed E-state index contributed by atoms with van der Waals surface area (Å²) in [5, 5.41) is 9.09. The second kappa shape index (κ2) is 2.68. The molecule has 66 valence electrons. The molecule has 1 aliphatic rings. The number of ether oxygens (including phenoxy) is 1. The Morgan fingerprint density at radius 2 is 2.09 bits per heavy atom. The molecule has 0 aromatic heterocycles. The molecule has 1 aliphatic heterocycles. The molecule has 0 aromatic rings. The van der Waals surface area contributed by atoms with E-state index in [9.17, 15) is 8.78 Å². The number of aliphatic hydroxyl groups excluding tert-OH is 1. The van der Waals surface area contributed by atoms with Crippen molar-refractivity contribution in [3.8, 4) is 0 Å². The lowest BCUT2D eigenvalue weighted by molar-refractivity contribution is -0.238. The van der Waals surface area contributed by atoms with Gasteiger partial charge in [0.25, 0.3) is 0 Å². The molecule has 2 atom stereocenters. The van der Waals surface area contributed by atoms with Crippen molar-refractivity contribution in [2.45, 2.75) is 26.1 Å². The minimum Gasteiger partial charge on any atom is -0.390 e. The van der Waals surface area contributed by atoms with Gasteiger partial charge in [0.05, 0.1) is 18.6 Å². The fraction of sp³-hybridized carbons (Fsp3) is 1.00. The summed E-state index contributed by atoms with van der Waals surface area (Å²) >= 11 is 0. The van der Waals surface area contributed by atoms with Crippen molar-refractivity contribution in [2.24, 2.45) is 11.8 Å². The van der Waals surface area contributed by atoms with E-state index in [1.54, 1.807) is 13.8 Å². The molecule has 0 radical (unpaired) electrons. The molecule has 0 amide bonds. The molecule has 1 fully saturated rings. The third kappa shape index (κ3) is 1.51. The largest absolute Gasteiger partial charge is 0.390 e. The fourth-order valence-corrected chi connectivity index (χ4v) is 1.45. The molecule has 0 aromatic carbocycles. The summed E-state index contributed by atoms with van der Waals surface area (Å²) in [7, 11) is 0. The van der Waals surface area contributed by atoms with Crippen molar-refractivity contribution in [2.75, 3.05) is 6.61 Å². The van der Waals surface area contributed by atoms with E-state index in [1.165, 1.54) is 0 Å². The van der Waals surface area contributed by atoms with Crippen molar-refractivity contribution in [3.63, 3.8) is 0 Å². The Balaban J connectivity index is 2.72. The lowest BCUT2D eigenvalue weighted by atomic mass is 9.91. The fourth-order valence-electron chi connectivity index (χ4n) is 1.45. The molecule has 4 heteroatoms. The molecule has 0 saturated carbocycles. The minimum atomic E-state index is -3.15. The first-order valence-corrected chi connectivity index (χ1v) is 3.65. The molecular formula is C7H12F2O2. The van der Waals surface area contributed by atoms with Gasteiger partial charge < -0.3 is 9.84 Å². The van der Waals surface area contributed by atoms with E-state index in [2.05, 4.69) is 4.74 Å². The first-order valence-electron chi connectivity index (χ1n) is 3.65. The average Bonchev–Trinajstić information content (AvgIpc) is 2.06. The normalized spacial score (nSPS) is 36.5. The van der Waals surface area contributed by atoms with E-state index in [4.69, 9.17) is 5.11 Å². The van der Waals surface area contributed by atoms with Crippen molar-refractivity contribution < 1.29 is 18.6 Å². The Morgan fingerprint density at radius 3 is 2.27 bits per heavy atom. The van der Waals surface area contributed by atoms with Gasteiger partial charge in [-0.2, -0.15) is 8.78 Å². The van der Waals surface area contributed by atoms with Crippen LogP contribution in [0.15, 0.2) is 0 Å². The summed E-state index contributed by atoms with van der Waals surface area (Å²) < 4.78 is 29.6. The highest BCUT2D eigenvalue weighted by molar-refractivity contribution is 4.84. The summed E-state index contributed by atoms with van der Waals surface area (Å²) in [6, 6.07) is 0. The highest BCUT2D eigenvalue weighted by Gasteiger charge is 2.52. The van der Waals surface area contributed by atoms with Gasteiger partial charge in [-0.25, -0.2) is 0 Å². The van der Waals surface area contributed by atoms with Crippen LogP contribution in [-0.4, -0.2) is 23.9 Å². The van der Waals surface area contributed by atoms with E-state index in [-0.39, 0.29) is 12.5 Å². The van der Waals surface area contributed by atoms with Gasteiger partial charge in [0.1, 0.15) is 0 Å². The van der Waals surface area contributed by atoms with Gasteiger partial charge >= 0.3 is 6.11 Å². The quantitative estimate of drug-likeness (QED) is 0.635. The van der Waals surface area contributed by atoms with Gasteiger partial charge in [-0.05, 0) is 5.92 Å². The predicted octanol–water partition coefficient (Wildman–Crippen LogP) is 1.24. The molecule has 1 N–H and O–H groups in total. The number of hydrogen-bond donors (Lipinski definition) is 1. The average molecular weight is 166 g/mol. The summed E-state index contributed by atoms with van der Waals surface area (Å²) in [5.74, 6) is -1.31. The van der Waals surface area contributed by atoms with Gasteiger partial charge in [0.15, 0.2) is 0 Å². The molecule has 0 spiro atoms. The Morgan fingerprint density at radius 1 is 1.55 bits per heavy atom. The van der Waals surface area contributed by atoms with Gasteiger partial charge in [-0.1, -0.05) is 13.8 Å². The van der Waals surface area contributed by atoms with Gasteiger partial charge in [0, 0.05) is 0 Å². The lowest BCUT2D eigenvalue weighted by Gasteiger charge is -2.22. The third-order valence-electron chi connectivity index (χ3n) is 1.97. The molecule has 2 nitrogen and oxygen atoms in total. The molecule has 1 heterocycles. The van der Waals surface area contributed by atoms with E-state index in [0.29, 0.717) is 0 Å². The number of hydrogen-bond acceptors (Lipinski definition) is 2. The van der Waals surface area contributed by atoms with Crippen LogP contribution in [-0.2, 0) is 4.74 Å². The summed E-state index contributed by atoms with van der Waals surface area (Å²) in [6.45, 7) is 3.04. The topological polar surface area (TPSA) is 29.5 Å². The zero-order valence-corrected chi connectivity index (χ0v) is 6.55. The first kappa shape index (κ1) is 8.87. The molecular weight excluding hydrogens is 154 g/mol. The van der Waals surface area contributed by atoms with Crippen molar-refractivity contribution >= 4 is 0 Å². The maximum absolute atomic E-state index is 12.7. The molecule has 0 aliphatic carbocycles. The number of halogens is 2. The van der Waals surface area contributed by atoms with Crippen LogP contribution >= 0.6 is 0 Å².